The highest BCUT2D eigenvalue weighted by Gasteiger charge is 2.13. The lowest BCUT2D eigenvalue weighted by Crippen LogP contribution is -2.13. The number of nitrogens with zero attached hydrogens (tertiary/aromatic N) is 2. The molecule has 1 aromatic heterocycles. The number of aromatic nitrogens is 2. The Morgan fingerprint density at radius 1 is 1.00 bits per heavy atom. The highest BCUT2D eigenvalue weighted by Crippen LogP contribution is 2.28. The first-order valence-electron chi connectivity index (χ1n) is 9.74. The quantitative estimate of drug-likeness (QED) is 0.408. The van der Waals surface area contributed by atoms with Gasteiger partial charge in [-0.05, 0) is 29.3 Å². The molecular weight excluding hydrogens is 414 g/mol. The van der Waals surface area contributed by atoms with Gasteiger partial charge in [-0.1, -0.05) is 71.4 Å². The fourth-order valence-corrected chi connectivity index (χ4v) is 3.30. The molecule has 0 fully saturated rings. The maximum absolute atomic E-state index is 12.3. The van der Waals surface area contributed by atoms with E-state index >= 15 is 0 Å². The van der Waals surface area contributed by atoms with Gasteiger partial charge in [-0.3, -0.25) is 4.79 Å². The Bertz CT molecular complexity index is 1170. The van der Waals surface area contributed by atoms with Gasteiger partial charge < -0.3 is 14.6 Å². The fourth-order valence-electron chi connectivity index (χ4n) is 3.13. The minimum atomic E-state index is -0.201. The van der Waals surface area contributed by atoms with Gasteiger partial charge in [-0.15, -0.1) is 0 Å². The average molecular weight is 434 g/mol. The van der Waals surface area contributed by atoms with Crippen LogP contribution in [-0.4, -0.2) is 23.2 Å². The number of nitrogens with one attached hydrogen (secondary N) is 1. The minimum absolute atomic E-state index is 0.185. The SMILES string of the molecule is COc1ccc(Cl)cc1NC(=O)CCc1nc(-c2ccc(-c3ccccc3)cc2)no1. The fraction of sp³-hybridized carbons (Fsp3) is 0.125. The minimum Gasteiger partial charge on any atom is -0.495 e. The second-order valence-corrected chi connectivity index (χ2v) is 7.28. The van der Waals surface area contributed by atoms with Gasteiger partial charge in [-0.2, -0.15) is 4.98 Å². The first kappa shape index (κ1) is 20.6. The first-order chi connectivity index (χ1) is 15.1. The molecule has 0 unspecified atom stereocenters. The Morgan fingerprint density at radius 3 is 2.45 bits per heavy atom. The molecule has 1 heterocycles. The van der Waals surface area contributed by atoms with Gasteiger partial charge in [0.05, 0.1) is 12.8 Å². The van der Waals surface area contributed by atoms with E-state index in [4.69, 9.17) is 20.9 Å². The highest BCUT2D eigenvalue weighted by atomic mass is 35.5. The van der Waals surface area contributed by atoms with Crippen LogP contribution < -0.4 is 10.1 Å². The third-order valence-corrected chi connectivity index (χ3v) is 4.95. The van der Waals surface area contributed by atoms with Crippen LogP contribution in [0.3, 0.4) is 0 Å². The number of halogens is 1. The van der Waals surface area contributed by atoms with Crippen molar-refractivity contribution < 1.29 is 14.1 Å². The van der Waals surface area contributed by atoms with Crippen molar-refractivity contribution in [2.75, 3.05) is 12.4 Å². The van der Waals surface area contributed by atoms with Crippen LogP contribution in [0.4, 0.5) is 5.69 Å². The summed E-state index contributed by atoms with van der Waals surface area (Å²) in [6, 6.07) is 23.1. The third-order valence-electron chi connectivity index (χ3n) is 4.72. The normalized spacial score (nSPS) is 10.6. The molecule has 4 aromatic rings. The van der Waals surface area contributed by atoms with Crippen LogP contribution in [-0.2, 0) is 11.2 Å². The summed E-state index contributed by atoms with van der Waals surface area (Å²) in [5, 5.41) is 7.34. The lowest BCUT2D eigenvalue weighted by molar-refractivity contribution is -0.116. The topological polar surface area (TPSA) is 77.2 Å². The summed E-state index contributed by atoms with van der Waals surface area (Å²) < 4.78 is 10.6. The molecule has 3 aromatic carbocycles. The van der Waals surface area contributed by atoms with Crippen molar-refractivity contribution in [1.29, 1.82) is 0 Å². The molecule has 4 rings (SSSR count). The van der Waals surface area contributed by atoms with E-state index in [-0.39, 0.29) is 12.3 Å². The van der Waals surface area contributed by atoms with E-state index in [1.54, 1.807) is 18.2 Å². The standard InChI is InChI=1S/C24H20ClN3O3/c1-30-21-12-11-19(25)15-20(21)26-22(29)13-14-23-27-24(28-31-23)18-9-7-17(8-10-18)16-5-3-2-4-6-16/h2-12,15H,13-14H2,1H3,(H,26,29). The lowest BCUT2D eigenvalue weighted by Gasteiger charge is -2.10. The van der Waals surface area contributed by atoms with Gasteiger partial charge in [0.25, 0.3) is 0 Å². The molecule has 0 aliphatic heterocycles. The van der Waals surface area contributed by atoms with Gasteiger partial charge >= 0.3 is 0 Å². The molecule has 0 atom stereocenters. The molecule has 7 heteroatoms. The van der Waals surface area contributed by atoms with Crippen molar-refractivity contribution in [1.82, 2.24) is 10.1 Å². The maximum atomic E-state index is 12.3. The molecule has 0 saturated carbocycles. The number of carbonyl (C=O) groups excluding carboxylic acids is 1. The largest absolute Gasteiger partial charge is 0.495 e. The zero-order valence-electron chi connectivity index (χ0n) is 16.8. The zero-order valence-corrected chi connectivity index (χ0v) is 17.6. The number of anilines is 1. The van der Waals surface area contributed by atoms with Crippen LogP contribution in [0.5, 0.6) is 5.75 Å². The summed E-state index contributed by atoms with van der Waals surface area (Å²) in [5.41, 5.74) is 3.62. The smallest absolute Gasteiger partial charge is 0.227 e. The molecular formula is C24H20ClN3O3. The van der Waals surface area contributed by atoms with Crippen LogP contribution >= 0.6 is 11.6 Å². The van der Waals surface area contributed by atoms with E-state index in [0.29, 0.717) is 34.6 Å². The highest BCUT2D eigenvalue weighted by molar-refractivity contribution is 6.31. The van der Waals surface area contributed by atoms with Crippen LogP contribution in [0.25, 0.3) is 22.5 Å². The lowest BCUT2D eigenvalue weighted by atomic mass is 10.0. The number of amides is 1. The van der Waals surface area contributed by atoms with Gasteiger partial charge in [0.1, 0.15) is 5.75 Å². The summed E-state index contributed by atoms with van der Waals surface area (Å²) >= 11 is 6.00. The number of methoxy groups -OCH3 is 1. The molecule has 31 heavy (non-hydrogen) atoms. The van der Waals surface area contributed by atoms with Gasteiger partial charge in [0, 0.05) is 23.4 Å². The Kier molecular flexibility index (Phi) is 6.29. The molecule has 156 valence electrons. The van der Waals surface area contributed by atoms with Crippen molar-refractivity contribution in [2.45, 2.75) is 12.8 Å². The van der Waals surface area contributed by atoms with E-state index in [1.807, 2.05) is 42.5 Å². The van der Waals surface area contributed by atoms with Crippen LogP contribution in [0.2, 0.25) is 5.02 Å². The van der Waals surface area contributed by atoms with Crippen molar-refractivity contribution in [3.63, 3.8) is 0 Å². The number of hydrogen-bond donors (Lipinski definition) is 1. The monoisotopic (exact) mass is 433 g/mol. The summed E-state index contributed by atoms with van der Waals surface area (Å²) in [4.78, 5) is 16.7. The second kappa shape index (κ2) is 9.45. The van der Waals surface area contributed by atoms with E-state index in [0.717, 1.165) is 16.7 Å². The molecule has 0 saturated heterocycles. The maximum Gasteiger partial charge on any atom is 0.227 e. The molecule has 0 radical (unpaired) electrons. The Labute approximate surface area is 184 Å². The van der Waals surface area contributed by atoms with Crippen LogP contribution in [0, 0.1) is 0 Å². The number of ether oxygens (including phenoxy) is 1. The number of benzene rings is 3. The number of aryl methyl sites for hydroxylation is 1. The van der Waals surface area contributed by atoms with E-state index in [2.05, 4.69) is 27.6 Å². The molecule has 1 N–H and O–H groups in total. The molecule has 1 amide bonds. The van der Waals surface area contributed by atoms with Crippen molar-refractivity contribution in [3.8, 4) is 28.3 Å². The third kappa shape index (κ3) is 5.10. The van der Waals surface area contributed by atoms with Crippen LogP contribution in [0.15, 0.2) is 77.3 Å². The van der Waals surface area contributed by atoms with Crippen molar-refractivity contribution in [2.24, 2.45) is 0 Å². The predicted molar refractivity (Wildman–Crippen MR) is 120 cm³/mol. The predicted octanol–water partition coefficient (Wildman–Crippen LogP) is 5.64. The summed E-state index contributed by atoms with van der Waals surface area (Å²) in [6.07, 6.45) is 0.508. The Hall–Kier alpha value is -3.64. The van der Waals surface area contributed by atoms with Gasteiger partial charge in [-0.25, -0.2) is 0 Å². The van der Waals surface area contributed by atoms with Crippen molar-refractivity contribution in [3.05, 3.63) is 83.7 Å². The van der Waals surface area contributed by atoms with E-state index < -0.39 is 0 Å². The molecule has 6 nitrogen and oxygen atoms in total. The second-order valence-electron chi connectivity index (χ2n) is 6.85. The zero-order chi connectivity index (χ0) is 21.6. The molecule has 0 aliphatic carbocycles. The molecule has 0 bridgehead atoms. The van der Waals surface area contributed by atoms with E-state index in [1.165, 1.54) is 7.11 Å². The number of carbonyl (C=O) groups is 1. The summed E-state index contributed by atoms with van der Waals surface area (Å²) in [7, 11) is 1.53. The number of hydrogen-bond acceptors (Lipinski definition) is 5. The van der Waals surface area contributed by atoms with Gasteiger partial charge in [0.15, 0.2) is 0 Å². The first-order valence-corrected chi connectivity index (χ1v) is 10.1. The average Bonchev–Trinajstić information content (AvgIpc) is 3.28. The molecule has 0 spiro atoms. The van der Waals surface area contributed by atoms with Crippen molar-refractivity contribution >= 4 is 23.2 Å². The Morgan fingerprint density at radius 2 is 1.71 bits per heavy atom. The summed E-state index contributed by atoms with van der Waals surface area (Å²) in [5.74, 6) is 1.23. The van der Waals surface area contributed by atoms with E-state index in [9.17, 15) is 4.79 Å². The summed E-state index contributed by atoms with van der Waals surface area (Å²) in [6.45, 7) is 0. The molecule has 0 aliphatic rings. The van der Waals surface area contributed by atoms with Gasteiger partial charge in [0.2, 0.25) is 17.6 Å². The van der Waals surface area contributed by atoms with Crippen LogP contribution in [0.1, 0.15) is 12.3 Å². The number of rotatable bonds is 7. The Balaban J connectivity index is 1.37.